The van der Waals surface area contributed by atoms with Crippen molar-refractivity contribution < 1.29 is 9.63 Å². The minimum absolute atomic E-state index is 0.150. The molecule has 0 saturated heterocycles. The molecule has 2 heterocycles. The molecule has 35 heavy (non-hydrogen) atoms. The second-order valence-corrected chi connectivity index (χ2v) is 10.6. The van der Waals surface area contributed by atoms with Crippen molar-refractivity contribution >= 4 is 34.5 Å². The number of hydrogen-bond donors (Lipinski definition) is 2. The molecule has 0 bridgehead atoms. The topological polar surface area (TPSA) is 56.8 Å². The second kappa shape index (κ2) is 11.8. The molecule has 4 rings (SSSR count). The van der Waals surface area contributed by atoms with Gasteiger partial charge >= 0.3 is 0 Å². The van der Waals surface area contributed by atoms with Crippen LogP contribution in [0.2, 0.25) is 4.34 Å². The van der Waals surface area contributed by atoms with Crippen LogP contribution in [-0.2, 0) is 11.4 Å². The van der Waals surface area contributed by atoms with E-state index < -0.39 is 0 Å². The predicted octanol–water partition coefficient (Wildman–Crippen LogP) is 4.74. The predicted molar refractivity (Wildman–Crippen MR) is 144 cm³/mol. The van der Waals surface area contributed by atoms with E-state index in [1.54, 1.807) is 12.1 Å². The quantitative estimate of drug-likeness (QED) is 0.413. The van der Waals surface area contributed by atoms with Crippen molar-refractivity contribution in [3.63, 3.8) is 0 Å². The maximum Gasteiger partial charge on any atom is 0.261 e. The molecule has 1 unspecified atom stereocenters. The number of amides is 1. The molecule has 2 N–H and O–H groups in total. The summed E-state index contributed by atoms with van der Waals surface area (Å²) in [7, 11) is 6.36. The van der Waals surface area contributed by atoms with Crippen molar-refractivity contribution in [1.29, 1.82) is 0 Å². The van der Waals surface area contributed by atoms with Crippen LogP contribution in [0.3, 0.4) is 0 Å². The van der Waals surface area contributed by atoms with E-state index in [0.717, 1.165) is 30.9 Å². The summed E-state index contributed by atoms with van der Waals surface area (Å²) in [5.74, 6) is -0.150. The van der Waals surface area contributed by atoms with E-state index in [-0.39, 0.29) is 12.0 Å². The highest BCUT2D eigenvalue weighted by atomic mass is 35.5. The summed E-state index contributed by atoms with van der Waals surface area (Å²) < 4.78 is 0.596. The van der Waals surface area contributed by atoms with Gasteiger partial charge in [0.2, 0.25) is 0 Å². The first-order chi connectivity index (χ1) is 16.9. The first kappa shape index (κ1) is 25.4. The number of hydrogen-bond acceptors (Lipinski definition) is 6. The van der Waals surface area contributed by atoms with Gasteiger partial charge < -0.3 is 15.1 Å². The van der Waals surface area contributed by atoms with Crippen LogP contribution in [0.1, 0.15) is 20.8 Å². The molecule has 1 aliphatic rings. The van der Waals surface area contributed by atoms with Gasteiger partial charge in [0, 0.05) is 19.6 Å². The smallest absolute Gasteiger partial charge is 0.261 e. The number of carbonyl (C=O) groups is 1. The molecule has 1 aliphatic heterocycles. The van der Waals surface area contributed by atoms with E-state index in [1.807, 2.05) is 6.08 Å². The number of halogens is 1. The fourth-order valence-electron chi connectivity index (χ4n) is 3.88. The summed E-state index contributed by atoms with van der Waals surface area (Å²) in [6.45, 7) is 3.32. The molecule has 1 atom stereocenters. The van der Waals surface area contributed by atoms with Crippen LogP contribution in [0.5, 0.6) is 0 Å². The molecule has 1 aromatic heterocycles. The van der Waals surface area contributed by atoms with Gasteiger partial charge in [0.25, 0.3) is 5.91 Å². The Bertz CT molecular complexity index is 1180. The lowest BCUT2D eigenvalue weighted by Gasteiger charge is -2.21. The van der Waals surface area contributed by atoms with E-state index in [0.29, 0.717) is 15.8 Å². The minimum Gasteiger partial charge on any atom is -0.348 e. The van der Waals surface area contributed by atoms with Crippen molar-refractivity contribution in [2.24, 2.45) is 0 Å². The monoisotopic (exact) mass is 510 g/mol. The van der Waals surface area contributed by atoms with Crippen LogP contribution >= 0.6 is 22.9 Å². The van der Waals surface area contributed by atoms with Crippen molar-refractivity contribution in [3.8, 4) is 11.1 Å². The lowest BCUT2D eigenvalue weighted by atomic mass is 9.97. The normalized spacial score (nSPS) is 15.4. The van der Waals surface area contributed by atoms with Gasteiger partial charge in [-0.05, 0) is 61.6 Å². The molecule has 0 saturated carbocycles. The molecule has 0 fully saturated rings. The molecule has 0 spiro atoms. The summed E-state index contributed by atoms with van der Waals surface area (Å²) in [5.41, 5.74) is 8.66. The zero-order chi connectivity index (χ0) is 24.8. The van der Waals surface area contributed by atoms with E-state index in [2.05, 4.69) is 90.3 Å². The average Bonchev–Trinajstić information content (AvgIpc) is 3.51. The highest BCUT2D eigenvalue weighted by Gasteiger charge is 2.19. The molecular formula is C27H31ClN4O2S. The molecule has 6 nitrogen and oxygen atoms in total. The molecule has 1 amide bonds. The first-order valence-electron chi connectivity index (χ1n) is 11.6. The third-order valence-corrected chi connectivity index (χ3v) is 7.06. The molecular weight excluding hydrogens is 480 g/mol. The Balaban J connectivity index is 1.38. The highest BCUT2D eigenvalue weighted by Crippen LogP contribution is 2.27. The van der Waals surface area contributed by atoms with Gasteiger partial charge in [-0.25, -0.2) is 0 Å². The lowest BCUT2D eigenvalue weighted by molar-refractivity contribution is 0.0499. The van der Waals surface area contributed by atoms with Crippen LogP contribution in [0.4, 0.5) is 0 Å². The van der Waals surface area contributed by atoms with E-state index in [9.17, 15) is 4.79 Å². The van der Waals surface area contributed by atoms with Gasteiger partial charge in [0.15, 0.2) is 0 Å². The van der Waals surface area contributed by atoms with Crippen LogP contribution in [0.15, 0.2) is 66.7 Å². The largest absolute Gasteiger partial charge is 0.348 e. The second-order valence-electron chi connectivity index (χ2n) is 8.93. The van der Waals surface area contributed by atoms with Crippen molar-refractivity contribution in [2.75, 3.05) is 40.8 Å². The Morgan fingerprint density at radius 2 is 1.77 bits per heavy atom. The summed E-state index contributed by atoms with van der Waals surface area (Å²) in [6.07, 6.45) is 1.74. The molecule has 8 heteroatoms. The number of likely N-dealkylation sites (N-methyl/N-ethyl adjacent to an activating group) is 2. The van der Waals surface area contributed by atoms with E-state index in [1.165, 1.54) is 28.0 Å². The summed E-state index contributed by atoms with van der Waals surface area (Å²) >= 11 is 7.17. The molecule has 0 radical (unpaired) electrons. The molecule has 2 aromatic carbocycles. The number of benzene rings is 2. The van der Waals surface area contributed by atoms with Crippen molar-refractivity contribution in [1.82, 2.24) is 20.6 Å². The third kappa shape index (κ3) is 6.93. The van der Waals surface area contributed by atoms with Crippen molar-refractivity contribution in [2.45, 2.75) is 12.6 Å². The highest BCUT2D eigenvalue weighted by molar-refractivity contribution is 7.18. The van der Waals surface area contributed by atoms with Gasteiger partial charge in [0.05, 0.1) is 21.5 Å². The number of nitrogens with zero attached hydrogens (tertiary/aromatic N) is 2. The number of rotatable bonds is 10. The van der Waals surface area contributed by atoms with Gasteiger partial charge in [-0.15, -0.1) is 11.3 Å². The zero-order valence-electron chi connectivity index (χ0n) is 20.3. The van der Waals surface area contributed by atoms with E-state index >= 15 is 0 Å². The van der Waals surface area contributed by atoms with Crippen LogP contribution in [0.25, 0.3) is 16.8 Å². The first-order valence-corrected chi connectivity index (χ1v) is 12.8. The average molecular weight is 511 g/mol. The van der Waals surface area contributed by atoms with Gasteiger partial charge in [-0.2, -0.15) is 0 Å². The zero-order valence-corrected chi connectivity index (χ0v) is 21.8. The minimum atomic E-state index is -0.248. The molecule has 184 valence electrons. The van der Waals surface area contributed by atoms with Crippen LogP contribution in [-0.4, -0.2) is 62.6 Å². The lowest BCUT2D eigenvalue weighted by Crippen LogP contribution is -2.31. The Labute approximate surface area is 216 Å². The number of carbonyl (C=O) groups excluding carboxylic acids is 1. The SMILES string of the molecule is CN(C)CCN(C)Cc1ccccc1-c1ccc(C2=CC(CNC(=O)c3ccc(Cl)s3)ON2)cc1. The van der Waals surface area contributed by atoms with Crippen molar-refractivity contribution in [3.05, 3.63) is 87.1 Å². The van der Waals surface area contributed by atoms with Gasteiger partial charge in [0.1, 0.15) is 6.10 Å². The number of nitrogens with one attached hydrogen (secondary N) is 2. The Hall–Kier alpha value is -2.68. The van der Waals surface area contributed by atoms with Crippen LogP contribution < -0.4 is 10.8 Å². The summed E-state index contributed by atoms with van der Waals surface area (Å²) in [4.78, 5) is 23.0. The maximum atomic E-state index is 12.2. The number of hydroxylamine groups is 1. The fourth-order valence-corrected chi connectivity index (χ4v) is 4.83. The summed E-state index contributed by atoms with van der Waals surface area (Å²) in [6, 6.07) is 20.5. The Morgan fingerprint density at radius 1 is 1.03 bits per heavy atom. The Kier molecular flexibility index (Phi) is 8.59. The van der Waals surface area contributed by atoms with Gasteiger partial charge in [-0.3, -0.25) is 15.1 Å². The maximum absolute atomic E-state index is 12.2. The van der Waals surface area contributed by atoms with Gasteiger partial charge in [-0.1, -0.05) is 60.1 Å². The Morgan fingerprint density at radius 3 is 2.49 bits per heavy atom. The fraction of sp³-hybridized carbons (Fsp3) is 0.296. The standard InChI is InChI=1S/C27H31ClN4O2S/c1-31(2)14-15-32(3)18-21-6-4-5-7-23(21)19-8-10-20(11-9-19)24-16-22(34-30-24)17-29-27(33)25-12-13-26(28)35-25/h4-13,16,22,30H,14-15,17-18H2,1-3H3,(H,29,33). The third-order valence-electron chi connectivity index (χ3n) is 5.83. The number of thiophene rings is 1. The molecule has 3 aromatic rings. The van der Waals surface area contributed by atoms with E-state index in [4.69, 9.17) is 16.4 Å². The molecule has 0 aliphatic carbocycles. The van der Waals surface area contributed by atoms with Crippen LogP contribution in [0, 0.1) is 0 Å². The summed E-state index contributed by atoms with van der Waals surface area (Å²) in [5, 5.41) is 2.89.